The Morgan fingerprint density at radius 2 is 1.45 bits per heavy atom. The molecule has 0 aliphatic carbocycles. The van der Waals surface area contributed by atoms with Gasteiger partial charge in [-0.25, -0.2) is 0 Å². The summed E-state index contributed by atoms with van der Waals surface area (Å²) >= 11 is 0.720. The second kappa shape index (κ2) is 8.56. The van der Waals surface area contributed by atoms with Gasteiger partial charge in [-0.3, -0.25) is 0 Å². The van der Waals surface area contributed by atoms with Crippen molar-refractivity contribution in [1.29, 1.82) is 0 Å². The Morgan fingerprint density at radius 3 is 1.90 bits per heavy atom. The van der Waals surface area contributed by atoms with E-state index in [4.69, 9.17) is 0 Å². The summed E-state index contributed by atoms with van der Waals surface area (Å²) in [7, 11) is 0. The van der Waals surface area contributed by atoms with Gasteiger partial charge in [0.2, 0.25) is 0 Å². The summed E-state index contributed by atoms with van der Waals surface area (Å²) in [4.78, 5) is 12.7. The number of Topliss-reactive ketones (excluding diaryl/α,β-unsaturated/α-hetero) is 1. The molecule has 0 saturated carbocycles. The molecule has 1 N–H and O–H groups in total. The molecule has 2 saturated heterocycles. The van der Waals surface area contributed by atoms with E-state index in [9.17, 15) is 4.79 Å². The Morgan fingerprint density at radius 1 is 0.950 bits per heavy atom. The fraction of sp³-hybridized carbons (Fsp3) is 0.941. The molecule has 0 aromatic carbocycles. The maximum absolute atomic E-state index is 12.7. The number of nitrogens with one attached hydrogen (secondary N) is 1. The van der Waals surface area contributed by atoms with Crippen LogP contribution < -0.4 is 5.32 Å². The molecule has 2 aliphatic rings. The summed E-state index contributed by atoms with van der Waals surface area (Å²) in [5.74, 6) is 1.36. The first kappa shape index (κ1) is 16.5. The third kappa shape index (κ3) is 4.08. The average molecular weight is 344 g/mol. The second-order valence-corrected chi connectivity index (χ2v) is 8.78. The van der Waals surface area contributed by atoms with Crippen molar-refractivity contribution in [3.8, 4) is 0 Å². The Kier molecular flexibility index (Phi) is 7.07. The maximum atomic E-state index is 12.7. The van der Waals surface area contributed by atoms with Gasteiger partial charge in [0.25, 0.3) is 0 Å². The predicted octanol–water partition coefficient (Wildman–Crippen LogP) is 3.84. The van der Waals surface area contributed by atoms with E-state index >= 15 is 0 Å². The molecule has 116 valence electrons. The van der Waals surface area contributed by atoms with Gasteiger partial charge in [0.15, 0.2) is 0 Å². The number of rotatable bonds is 8. The molecule has 0 radical (unpaired) electrons. The summed E-state index contributed by atoms with van der Waals surface area (Å²) in [6.07, 6.45) is 10.2. The summed E-state index contributed by atoms with van der Waals surface area (Å²) in [5.41, 5.74) is 0. The Bertz CT molecular complexity index is 281. The number of carbonyl (C=O) groups excluding carboxylic acids is 1. The summed E-state index contributed by atoms with van der Waals surface area (Å²) in [5, 5.41) is 6.30. The fourth-order valence-electron chi connectivity index (χ4n) is 3.69. The van der Waals surface area contributed by atoms with E-state index in [1.807, 2.05) is 0 Å². The minimum absolute atomic E-state index is 0.369. The molecule has 4 unspecified atom stereocenters. The van der Waals surface area contributed by atoms with Crippen LogP contribution in [0.1, 0.15) is 65.2 Å². The molecule has 2 aliphatic heterocycles. The second-order valence-electron chi connectivity index (χ2n) is 6.52. The van der Waals surface area contributed by atoms with Crippen LogP contribution in [0.15, 0.2) is 0 Å². The Labute approximate surface area is 131 Å². The Balaban J connectivity index is 1.93. The van der Waals surface area contributed by atoms with Crippen LogP contribution in [-0.2, 0) is 4.79 Å². The third-order valence-corrected chi connectivity index (χ3v) is 7.46. The average Bonchev–Trinajstić information content (AvgIpc) is 2.43. The van der Waals surface area contributed by atoms with Crippen molar-refractivity contribution in [3.05, 3.63) is 0 Å². The van der Waals surface area contributed by atoms with E-state index in [0.717, 1.165) is 15.0 Å². The van der Waals surface area contributed by atoms with Crippen LogP contribution in [0.3, 0.4) is 0 Å². The number of fused-ring (bicyclic) bond motifs is 2. The molecular formula is C17H31NOSe. The number of hydrogen-bond acceptors (Lipinski definition) is 2. The molecule has 20 heavy (non-hydrogen) atoms. The van der Waals surface area contributed by atoms with E-state index in [-0.39, 0.29) is 0 Å². The van der Waals surface area contributed by atoms with Gasteiger partial charge in [-0.05, 0) is 0 Å². The molecule has 0 aromatic heterocycles. The molecule has 2 heterocycles. The number of unbranched alkanes of at least 4 members (excludes halogenated alkanes) is 4. The number of carbonyl (C=O) groups is 1. The summed E-state index contributed by atoms with van der Waals surface area (Å²) in [6.45, 7) is 4.51. The topological polar surface area (TPSA) is 29.1 Å². The van der Waals surface area contributed by atoms with Crippen LogP contribution in [-0.4, -0.2) is 32.8 Å². The van der Waals surface area contributed by atoms with Gasteiger partial charge in [0, 0.05) is 0 Å². The van der Waals surface area contributed by atoms with Gasteiger partial charge in [0.05, 0.1) is 0 Å². The first-order chi connectivity index (χ1) is 9.77. The standard InChI is InChI=1S/C17H31NOSe/c1-3-5-7-9-15-13-11-20-12-14(17(13)19)16(18-15)10-8-6-4-2/h13-16,18H,3-12H2,1-2H3. The van der Waals surface area contributed by atoms with E-state index in [2.05, 4.69) is 19.2 Å². The molecule has 3 heteroatoms. The van der Waals surface area contributed by atoms with Crippen molar-refractivity contribution < 1.29 is 4.79 Å². The van der Waals surface area contributed by atoms with Crippen molar-refractivity contribution >= 4 is 20.7 Å². The van der Waals surface area contributed by atoms with E-state index in [1.165, 1.54) is 62.0 Å². The van der Waals surface area contributed by atoms with Gasteiger partial charge >= 0.3 is 131 Å². The van der Waals surface area contributed by atoms with Crippen LogP contribution >= 0.6 is 0 Å². The molecule has 2 bridgehead atoms. The van der Waals surface area contributed by atoms with Crippen molar-refractivity contribution in [1.82, 2.24) is 5.32 Å². The van der Waals surface area contributed by atoms with Crippen LogP contribution in [0, 0.1) is 11.8 Å². The molecule has 0 spiro atoms. The normalized spacial score (nSPS) is 33.4. The van der Waals surface area contributed by atoms with Gasteiger partial charge < -0.3 is 0 Å². The number of hydrogen-bond donors (Lipinski definition) is 1. The zero-order valence-electron chi connectivity index (χ0n) is 13.2. The zero-order valence-corrected chi connectivity index (χ0v) is 14.9. The molecule has 0 aromatic rings. The Hall–Kier alpha value is 0.149. The number of piperidine rings is 1. The molecule has 4 atom stereocenters. The van der Waals surface area contributed by atoms with Crippen LogP contribution in [0.2, 0.25) is 10.6 Å². The first-order valence-electron chi connectivity index (χ1n) is 8.65. The van der Waals surface area contributed by atoms with Crippen molar-refractivity contribution in [3.63, 3.8) is 0 Å². The van der Waals surface area contributed by atoms with Crippen LogP contribution in [0.5, 0.6) is 0 Å². The van der Waals surface area contributed by atoms with Gasteiger partial charge in [-0.1, -0.05) is 0 Å². The molecule has 2 fully saturated rings. The SMILES string of the molecule is CCCCCC1NC(CCCCC)C2C[Se]CC1C2=O. The van der Waals surface area contributed by atoms with Crippen LogP contribution in [0.25, 0.3) is 0 Å². The van der Waals surface area contributed by atoms with Crippen molar-refractivity contribution in [2.24, 2.45) is 11.8 Å². The molecule has 2 nitrogen and oxygen atoms in total. The number of ketones is 1. The zero-order chi connectivity index (χ0) is 14.4. The van der Waals surface area contributed by atoms with Crippen molar-refractivity contribution in [2.75, 3.05) is 0 Å². The van der Waals surface area contributed by atoms with Gasteiger partial charge in [-0.15, -0.1) is 0 Å². The summed E-state index contributed by atoms with van der Waals surface area (Å²) < 4.78 is 0. The third-order valence-electron chi connectivity index (χ3n) is 4.96. The van der Waals surface area contributed by atoms with E-state index in [0.29, 0.717) is 29.7 Å². The minimum atomic E-state index is 0.369. The van der Waals surface area contributed by atoms with E-state index < -0.39 is 0 Å². The van der Waals surface area contributed by atoms with Crippen LogP contribution in [0.4, 0.5) is 0 Å². The van der Waals surface area contributed by atoms with E-state index in [1.54, 1.807) is 0 Å². The van der Waals surface area contributed by atoms with Gasteiger partial charge in [0.1, 0.15) is 0 Å². The summed E-state index contributed by atoms with van der Waals surface area (Å²) in [6, 6.07) is 0.998. The molecule has 2 rings (SSSR count). The van der Waals surface area contributed by atoms with Crippen molar-refractivity contribution in [2.45, 2.75) is 87.9 Å². The van der Waals surface area contributed by atoms with Gasteiger partial charge in [-0.2, -0.15) is 0 Å². The molecular weight excluding hydrogens is 313 g/mol. The monoisotopic (exact) mass is 345 g/mol. The quantitative estimate of drug-likeness (QED) is 0.535. The predicted molar refractivity (Wildman–Crippen MR) is 86.4 cm³/mol. The first-order valence-corrected chi connectivity index (χ1v) is 11.1. The fourth-order valence-corrected chi connectivity index (χ4v) is 6.71. The molecule has 0 amide bonds.